The Kier molecular flexibility index (Phi) is 5.16. The van der Waals surface area contributed by atoms with Crippen molar-refractivity contribution in [2.24, 2.45) is 0 Å². The second-order valence-corrected chi connectivity index (χ2v) is 8.51. The summed E-state index contributed by atoms with van der Waals surface area (Å²) in [6.45, 7) is 2.66. The van der Waals surface area contributed by atoms with Crippen molar-refractivity contribution in [2.45, 2.75) is 38.3 Å². The number of thiazole rings is 1. The largest absolute Gasteiger partial charge is 0.337 e. The van der Waals surface area contributed by atoms with E-state index in [0.29, 0.717) is 13.1 Å². The van der Waals surface area contributed by atoms with Gasteiger partial charge in [0.05, 0.1) is 28.2 Å². The van der Waals surface area contributed by atoms with Crippen molar-refractivity contribution < 1.29 is 13.6 Å². The molecule has 136 valence electrons. The Balaban J connectivity index is 0.00000182. The average molecular weight is 406 g/mol. The van der Waals surface area contributed by atoms with E-state index in [9.17, 15) is 13.6 Å². The predicted octanol–water partition coefficient (Wildman–Crippen LogP) is 3.48. The zero-order valence-electron chi connectivity index (χ0n) is 13.6. The van der Waals surface area contributed by atoms with E-state index >= 15 is 0 Å². The number of aromatic nitrogens is 1. The van der Waals surface area contributed by atoms with Gasteiger partial charge in [0, 0.05) is 29.8 Å². The molecule has 1 fully saturated rings. The molecule has 0 aliphatic carbocycles. The number of rotatable bonds is 2. The topological polar surface area (TPSA) is 45.2 Å². The highest BCUT2D eigenvalue weighted by molar-refractivity contribution is 7.16. The van der Waals surface area contributed by atoms with Crippen LogP contribution < -0.4 is 5.32 Å². The molecular formula is C16H18ClF2N3OS2. The number of carbonyl (C=O) groups excluding carboxylic acids is 1. The summed E-state index contributed by atoms with van der Waals surface area (Å²) in [5, 5.41) is 5.73. The number of amides is 1. The Hall–Kier alpha value is -1.09. The van der Waals surface area contributed by atoms with Crippen molar-refractivity contribution in [1.82, 2.24) is 15.2 Å². The monoisotopic (exact) mass is 405 g/mol. The number of fused-ring (bicyclic) bond motifs is 1. The summed E-state index contributed by atoms with van der Waals surface area (Å²) in [7, 11) is 0. The fourth-order valence-electron chi connectivity index (χ4n) is 3.23. The molecule has 0 radical (unpaired) electrons. The molecule has 0 spiro atoms. The highest BCUT2D eigenvalue weighted by Gasteiger charge is 2.43. The molecule has 2 aliphatic heterocycles. The first-order valence-corrected chi connectivity index (χ1v) is 9.55. The van der Waals surface area contributed by atoms with Crippen LogP contribution in [0.4, 0.5) is 8.78 Å². The number of aryl methyl sites for hydroxylation is 1. The quantitative estimate of drug-likeness (QED) is 0.831. The lowest BCUT2D eigenvalue weighted by atomic mass is 10.1. The number of hydrogen-bond donors (Lipinski definition) is 1. The van der Waals surface area contributed by atoms with E-state index in [1.54, 1.807) is 27.6 Å². The molecule has 1 amide bonds. The van der Waals surface area contributed by atoms with Gasteiger partial charge in [-0.15, -0.1) is 35.1 Å². The van der Waals surface area contributed by atoms with Crippen LogP contribution in [0.15, 0.2) is 11.4 Å². The van der Waals surface area contributed by atoms with Crippen LogP contribution >= 0.6 is 35.1 Å². The van der Waals surface area contributed by atoms with Crippen LogP contribution in [-0.2, 0) is 17.8 Å². The van der Waals surface area contributed by atoms with Gasteiger partial charge in [-0.2, -0.15) is 0 Å². The van der Waals surface area contributed by atoms with Crippen LogP contribution in [0, 0.1) is 6.92 Å². The minimum atomic E-state index is -2.78. The third kappa shape index (κ3) is 3.72. The Bertz CT molecular complexity index is 792. The maximum Gasteiger partial charge on any atom is 0.262 e. The van der Waals surface area contributed by atoms with Gasteiger partial charge in [0.25, 0.3) is 5.92 Å². The standard InChI is InChI=1S/C16H17F2N3OS2.ClH/c1-9-20-12(7-23-9)14-4-10-6-21(3-2-13(10)24-14)15(22)11-5-16(17,18)8-19-11;/h4,7,11,19H,2-3,5-6,8H2,1H3;1H. The van der Waals surface area contributed by atoms with Crippen LogP contribution in [0.5, 0.6) is 0 Å². The van der Waals surface area contributed by atoms with Crippen molar-refractivity contribution in [2.75, 3.05) is 13.1 Å². The maximum atomic E-state index is 13.3. The van der Waals surface area contributed by atoms with Crippen LogP contribution in [0.2, 0.25) is 0 Å². The van der Waals surface area contributed by atoms with Crippen LogP contribution in [-0.4, -0.2) is 40.8 Å². The summed E-state index contributed by atoms with van der Waals surface area (Å²) in [6, 6.07) is 1.32. The summed E-state index contributed by atoms with van der Waals surface area (Å²) in [6.07, 6.45) is 0.375. The van der Waals surface area contributed by atoms with Crippen molar-refractivity contribution >= 4 is 41.0 Å². The Labute approximate surface area is 158 Å². The van der Waals surface area contributed by atoms with Gasteiger partial charge in [0.1, 0.15) is 0 Å². The molecule has 4 rings (SSSR count). The normalized spacial score (nSPS) is 21.7. The highest BCUT2D eigenvalue weighted by Crippen LogP contribution is 2.35. The third-order valence-electron chi connectivity index (χ3n) is 4.46. The average Bonchev–Trinajstić information content (AvgIpc) is 3.23. The minimum absolute atomic E-state index is 0. The van der Waals surface area contributed by atoms with Gasteiger partial charge >= 0.3 is 0 Å². The summed E-state index contributed by atoms with van der Waals surface area (Å²) in [4.78, 5) is 21.1. The zero-order valence-corrected chi connectivity index (χ0v) is 16.0. The SMILES string of the molecule is Cc1nc(-c2cc3c(s2)CCN(C(=O)C2CC(F)(F)CN2)C3)cs1.Cl. The molecule has 9 heteroatoms. The zero-order chi connectivity index (χ0) is 16.9. The Morgan fingerprint density at radius 2 is 2.28 bits per heavy atom. The smallest absolute Gasteiger partial charge is 0.262 e. The van der Waals surface area contributed by atoms with E-state index in [2.05, 4.69) is 16.4 Å². The molecule has 2 aliphatic rings. The third-order valence-corrected chi connectivity index (χ3v) is 6.49. The van der Waals surface area contributed by atoms with E-state index < -0.39 is 24.9 Å². The summed E-state index contributed by atoms with van der Waals surface area (Å²) in [5.74, 6) is -2.99. The van der Waals surface area contributed by atoms with Gasteiger partial charge in [-0.05, 0) is 25.0 Å². The first kappa shape index (κ1) is 18.7. The summed E-state index contributed by atoms with van der Waals surface area (Å²) in [5.41, 5.74) is 2.09. The number of nitrogens with one attached hydrogen (secondary N) is 1. The van der Waals surface area contributed by atoms with Gasteiger partial charge in [-0.25, -0.2) is 13.8 Å². The molecule has 25 heavy (non-hydrogen) atoms. The van der Waals surface area contributed by atoms with Crippen LogP contribution in [0.1, 0.15) is 21.9 Å². The molecule has 4 heterocycles. The van der Waals surface area contributed by atoms with E-state index in [-0.39, 0.29) is 18.3 Å². The maximum absolute atomic E-state index is 13.3. The molecule has 0 bridgehead atoms. The fraction of sp³-hybridized carbons (Fsp3) is 0.500. The molecule has 1 atom stereocenters. The Morgan fingerprint density at radius 1 is 1.48 bits per heavy atom. The molecule has 2 aromatic heterocycles. The molecule has 0 aromatic carbocycles. The lowest BCUT2D eigenvalue weighted by molar-refractivity contribution is -0.134. The number of halogens is 3. The molecule has 4 nitrogen and oxygen atoms in total. The number of hydrogen-bond acceptors (Lipinski definition) is 5. The molecule has 1 saturated heterocycles. The number of carbonyl (C=O) groups is 1. The second-order valence-electron chi connectivity index (χ2n) is 6.31. The molecule has 1 unspecified atom stereocenters. The Morgan fingerprint density at radius 3 is 2.92 bits per heavy atom. The van der Waals surface area contributed by atoms with Gasteiger partial charge in [-0.3, -0.25) is 10.1 Å². The first-order chi connectivity index (χ1) is 11.4. The minimum Gasteiger partial charge on any atom is -0.337 e. The van der Waals surface area contributed by atoms with E-state index in [4.69, 9.17) is 0 Å². The molecule has 2 aromatic rings. The summed E-state index contributed by atoms with van der Waals surface area (Å²) < 4.78 is 26.6. The van der Waals surface area contributed by atoms with E-state index in [0.717, 1.165) is 27.6 Å². The van der Waals surface area contributed by atoms with Crippen molar-refractivity contribution in [1.29, 1.82) is 0 Å². The lowest BCUT2D eigenvalue weighted by Gasteiger charge is -2.29. The van der Waals surface area contributed by atoms with Gasteiger partial charge < -0.3 is 4.90 Å². The van der Waals surface area contributed by atoms with Crippen LogP contribution in [0.3, 0.4) is 0 Å². The highest BCUT2D eigenvalue weighted by atomic mass is 35.5. The predicted molar refractivity (Wildman–Crippen MR) is 97.9 cm³/mol. The lowest BCUT2D eigenvalue weighted by Crippen LogP contribution is -2.45. The second kappa shape index (κ2) is 6.90. The molecule has 0 saturated carbocycles. The number of alkyl halides is 2. The van der Waals surface area contributed by atoms with Gasteiger partial charge in [-0.1, -0.05) is 0 Å². The van der Waals surface area contributed by atoms with E-state index in [1.807, 2.05) is 12.3 Å². The first-order valence-electron chi connectivity index (χ1n) is 7.85. The van der Waals surface area contributed by atoms with E-state index in [1.165, 1.54) is 4.88 Å². The van der Waals surface area contributed by atoms with Gasteiger partial charge in [0.2, 0.25) is 5.91 Å². The fourth-order valence-corrected chi connectivity index (χ4v) is 5.05. The van der Waals surface area contributed by atoms with Crippen molar-refractivity contribution in [3.05, 3.63) is 26.9 Å². The number of nitrogens with zero attached hydrogens (tertiary/aromatic N) is 2. The van der Waals surface area contributed by atoms with Gasteiger partial charge in [0.15, 0.2) is 0 Å². The molecular weight excluding hydrogens is 388 g/mol. The number of thiophene rings is 1. The van der Waals surface area contributed by atoms with Crippen molar-refractivity contribution in [3.63, 3.8) is 0 Å². The molecule has 1 N–H and O–H groups in total. The van der Waals surface area contributed by atoms with Crippen molar-refractivity contribution in [3.8, 4) is 10.6 Å². The summed E-state index contributed by atoms with van der Waals surface area (Å²) >= 11 is 3.34. The van der Waals surface area contributed by atoms with Crippen LogP contribution in [0.25, 0.3) is 10.6 Å².